The molecule has 0 radical (unpaired) electrons. The molecule has 0 saturated heterocycles. The van der Waals surface area contributed by atoms with E-state index in [0.717, 1.165) is 12.8 Å². The third-order valence-corrected chi connectivity index (χ3v) is 7.75. The molecule has 0 aliphatic carbocycles. The quantitative estimate of drug-likeness (QED) is 0.135. The van der Waals surface area contributed by atoms with Gasteiger partial charge in [-0.2, -0.15) is 0 Å². The summed E-state index contributed by atoms with van der Waals surface area (Å²) >= 11 is 0. The fourth-order valence-corrected chi connectivity index (χ4v) is 4.91. The average molecular weight is 505 g/mol. The molecule has 6 heteroatoms. The summed E-state index contributed by atoms with van der Waals surface area (Å²) < 4.78 is 40.1. The molecule has 0 aromatic heterocycles. The van der Waals surface area contributed by atoms with E-state index in [1.165, 1.54) is 101 Å². The van der Waals surface area contributed by atoms with Crippen molar-refractivity contribution in [1.82, 2.24) is 0 Å². The minimum Gasteiger partial charge on any atom is -0.748 e. The van der Waals surface area contributed by atoms with Crippen molar-refractivity contribution in [2.75, 3.05) is 6.61 Å². The zero-order chi connectivity index (χ0) is 24.4. The Kier molecular flexibility index (Phi) is 21.0. The molecule has 0 fully saturated rings. The summed E-state index contributed by atoms with van der Waals surface area (Å²) in [5.41, 5.74) is 2.52. The fourth-order valence-electron chi connectivity index (χ4n) is 4.27. The first-order valence-electron chi connectivity index (χ1n) is 13.6. The van der Waals surface area contributed by atoms with Crippen molar-refractivity contribution < 1.29 is 47.3 Å². The van der Waals surface area contributed by atoms with Crippen LogP contribution in [0.5, 0.6) is 5.75 Å². The molecule has 0 amide bonds. The summed E-state index contributed by atoms with van der Waals surface area (Å²) in [6.07, 6.45) is 20.3. The van der Waals surface area contributed by atoms with Crippen molar-refractivity contribution in [3.05, 3.63) is 29.3 Å². The van der Waals surface area contributed by atoms with Crippen LogP contribution >= 0.6 is 0 Å². The molecule has 0 aliphatic heterocycles. The van der Waals surface area contributed by atoms with Crippen LogP contribution < -0.4 is 34.3 Å². The second kappa shape index (κ2) is 21.1. The van der Waals surface area contributed by atoms with E-state index >= 15 is 0 Å². The van der Waals surface area contributed by atoms with Crippen LogP contribution in [0.3, 0.4) is 0 Å². The predicted octanol–water partition coefficient (Wildman–Crippen LogP) is 4.98. The van der Waals surface area contributed by atoms with Crippen LogP contribution in [0.1, 0.15) is 128 Å². The predicted molar refractivity (Wildman–Crippen MR) is 139 cm³/mol. The van der Waals surface area contributed by atoms with E-state index in [0.29, 0.717) is 5.75 Å². The van der Waals surface area contributed by atoms with Gasteiger partial charge in [0.1, 0.15) is 22.5 Å². The monoisotopic (exact) mass is 504 g/mol. The van der Waals surface area contributed by atoms with Crippen molar-refractivity contribution in [3.63, 3.8) is 0 Å². The van der Waals surface area contributed by atoms with Gasteiger partial charge in [0.15, 0.2) is 0 Å². The van der Waals surface area contributed by atoms with Gasteiger partial charge in [-0.3, -0.25) is 0 Å². The first-order valence-corrected chi connectivity index (χ1v) is 15.1. The first kappa shape index (κ1) is 33.9. The Morgan fingerprint density at radius 1 is 0.706 bits per heavy atom. The second-order valence-electron chi connectivity index (χ2n) is 9.56. The maximum absolute atomic E-state index is 11.4. The van der Waals surface area contributed by atoms with Crippen molar-refractivity contribution in [3.8, 4) is 5.75 Å². The average Bonchev–Trinajstić information content (AvgIpc) is 2.77. The number of unbranched alkanes of at least 4 members (excludes halogenated alkanes) is 12. The van der Waals surface area contributed by atoms with E-state index in [-0.39, 0.29) is 42.6 Å². The van der Waals surface area contributed by atoms with Gasteiger partial charge in [-0.15, -0.1) is 0 Å². The van der Waals surface area contributed by atoms with E-state index in [4.69, 9.17) is 4.74 Å². The number of aryl methyl sites for hydroxylation is 2. The number of hydrogen-bond donors (Lipinski definition) is 0. The largest absolute Gasteiger partial charge is 1.00 e. The van der Waals surface area contributed by atoms with Gasteiger partial charge in [-0.05, 0) is 55.4 Å². The maximum atomic E-state index is 11.4. The van der Waals surface area contributed by atoms with E-state index in [1.807, 2.05) is 12.1 Å². The molecule has 1 aromatic rings. The molecule has 34 heavy (non-hydrogen) atoms. The van der Waals surface area contributed by atoms with Gasteiger partial charge in [0.05, 0.1) is 5.25 Å². The van der Waals surface area contributed by atoms with E-state index in [2.05, 4.69) is 19.9 Å². The first-order chi connectivity index (χ1) is 15.9. The Morgan fingerprint density at radius 3 is 1.50 bits per heavy atom. The molecule has 1 rings (SSSR count). The Hall–Kier alpha value is -0.0700. The molecular formula is C28H49NaO4S. The number of rotatable bonds is 21. The molecular weight excluding hydrogens is 455 g/mol. The van der Waals surface area contributed by atoms with Crippen LogP contribution in [0, 0.1) is 0 Å². The van der Waals surface area contributed by atoms with Crippen LogP contribution in [0.2, 0.25) is 0 Å². The van der Waals surface area contributed by atoms with Crippen molar-refractivity contribution in [2.45, 2.75) is 135 Å². The SMILES string of the molecule is CCCCCCCCCc1cc(CCCCCCCCC)cc(OCC(CC)S(=O)(=O)[O-])c1.[Na+]. The Bertz CT molecular complexity index is 685. The Morgan fingerprint density at radius 2 is 1.12 bits per heavy atom. The Labute approximate surface area is 233 Å². The number of hydrogen-bond acceptors (Lipinski definition) is 4. The standard InChI is InChI=1S/C28H50O4S.Na/c1-4-7-9-11-13-15-17-19-25-21-26(20-18-16-14-12-10-8-5-2)23-27(22-25)32-24-28(6-3)33(29,30)31;/h21-23,28H,4-20,24H2,1-3H3,(H,29,30,31);/q;+1/p-1. The molecule has 0 N–H and O–H groups in total. The summed E-state index contributed by atoms with van der Waals surface area (Å²) in [7, 11) is -4.34. The molecule has 0 spiro atoms. The maximum Gasteiger partial charge on any atom is 1.00 e. The topological polar surface area (TPSA) is 66.4 Å². The molecule has 192 valence electrons. The van der Waals surface area contributed by atoms with Crippen molar-refractivity contribution in [1.29, 1.82) is 0 Å². The summed E-state index contributed by atoms with van der Waals surface area (Å²) in [4.78, 5) is 0. The third-order valence-electron chi connectivity index (χ3n) is 6.46. The zero-order valence-corrected chi connectivity index (χ0v) is 25.4. The third kappa shape index (κ3) is 16.6. The molecule has 4 nitrogen and oxygen atoms in total. The number of ether oxygens (including phenoxy) is 1. The molecule has 1 aromatic carbocycles. The fraction of sp³-hybridized carbons (Fsp3) is 0.786. The van der Waals surface area contributed by atoms with Crippen LogP contribution in [-0.2, 0) is 23.0 Å². The summed E-state index contributed by atoms with van der Waals surface area (Å²) in [6, 6.07) is 6.37. The molecule has 1 unspecified atom stereocenters. The van der Waals surface area contributed by atoms with Gasteiger partial charge in [-0.25, -0.2) is 8.42 Å². The van der Waals surface area contributed by atoms with Crippen LogP contribution in [0.4, 0.5) is 0 Å². The molecule has 0 aliphatic rings. The van der Waals surface area contributed by atoms with Gasteiger partial charge < -0.3 is 9.29 Å². The van der Waals surface area contributed by atoms with Crippen LogP contribution in [0.15, 0.2) is 18.2 Å². The normalized spacial score (nSPS) is 12.4. The molecule has 0 heterocycles. The van der Waals surface area contributed by atoms with Gasteiger partial charge in [0.25, 0.3) is 0 Å². The number of benzene rings is 1. The summed E-state index contributed by atoms with van der Waals surface area (Å²) in [5.74, 6) is 0.704. The smallest absolute Gasteiger partial charge is 0.748 e. The minimum absolute atomic E-state index is 0. The van der Waals surface area contributed by atoms with E-state index in [9.17, 15) is 13.0 Å². The summed E-state index contributed by atoms with van der Waals surface area (Å²) in [5, 5.41) is -0.990. The van der Waals surface area contributed by atoms with Gasteiger partial charge in [-0.1, -0.05) is 104 Å². The van der Waals surface area contributed by atoms with Crippen molar-refractivity contribution in [2.24, 2.45) is 0 Å². The second-order valence-corrected chi connectivity index (χ2v) is 11.2. The minimum atomic E-state index is -4.34. The molecule has 0 saturated carbocycles. The summed E-state index contributed by atoms with van der Waals surface area (Å²) in [6.45, 7) is 6.13. The molecule has 1 atom stereocenters. The van der Waals surface area contributed by atoms with E-state index in [1.54, 1.807) is 6.92 Å². The van der Waals surface area contributed by atoms with E-state index < -0.39 is 15.4 Å². The van der Waals surface area contributed by atoms with Gasteiger partial charge in [0.2, 0.25) is 0 Å². The van der Waals surface area contributed by atoms with Crippen molar-refractivity contribution >= 4 is 10.1 Å². The van der Waals surface area contributed by atoms with Crippen LogP contribution in [0.25, 0.3) is 0 Å². The van der Waals surface area contributed by atoms with Gasteiger partial charge >= 0.3 is 29.6 Å². The Balaban J connectivity index is 0.0000109. The van der Waals surface area contributed by atoms with Crippen LogP contribution in [-0.4, -0.2) is 24.8 Å². The van der Waals surface area contributed by atoms with Gasteiger partial charge in [0, 0.05) is 0 Å². The zero-order valence-electron chi connectivity index (χ0n) is 22.6. The molecule has 0 bridgehead atoms.